The van der Waals surface area contributed by atoms with Gasteiger partial charge in [-0.1, -0.05) is 86.8 Å². The molecule has 182 valence electrons. The Kier molecular flexibility index (Phi) is 7.68. The summed E-state index contributed by atoms with van der Waals surface area (Å²) >= 11 is 5.70. The van der Waals surface area contributed by atoms with Crippen LogP contribution in [-0.2, 0) is 0 Å². The summed E-state index contributed by atoms with van der Waals surface area (Å²) in [5, 5.41) is 7.70. The van der Waals surface area contributed by atoms with Gasteiger partial charge < -0.3 is 15.5 Å². The molecule has 0 bridgehead atoms. The lowest BCUT2D eigenvalue weighted by Gasteiger charge is -2.43. The molecule has 0 aliphatic carbocycles. The van der Waals surface area contributed by atoms with Gasteiger partial charge in [0.2, 0.25) is 0 Å². The maximum Gasteiger partial charge on any atom is 0.170 e. The molecule has 2 aliphatic rings. The maximum absolute atomic E-state index is 5.70. The van der Waals surface area contributed by atoms with E-state index < -0.39 is 0 Å². The molecule has 0 amide bonds. The molecule has 3 aromatic rings. The lowest BCUT2D eigenvalue weighted by Crippen LogP contribution is -2.38. The van der Waals surface area contributed by atoms with Gasteiger partial charge in [0.1, 0.15) is 0 Å². The summed E-state index contributed by atoms with van der Waals surface area (Å²) in [4.78, 5) is 2.62. The first-order valence-corrected chi connectivity index (χ1v) is 13.7. The number of nitrogens with zero attached hydrogens (tertiary/aromatic N) is 1. The van der Waals surface area contributed by atoms with E-state index >= 15 is 0 Å². The van der Waals surface area contributed by atoms with Crippen LogP contribution in [0.15, 0.2) is 72.8 Å². The summed E-state index contributed by atoms with van der Waals surface area (Å²) in [5.74, 6) is 0.820. The van der Waals surface area contributed by atoms with Crippen LogP contribution in [0, 0.1) is 0 Å². The Morgan fingerprint density at radius 3 is 1.94 bits per heavy atom. The van der Waals surface area contributed by atoms with Crippen molar-refractivity contribution in [2.75, 3.05) is 29.9 Å². The number of unbranched alkanes of at least 4 members (excludes halogenated alkanes) is 3. The average Bonchev–Trinajstić information content (AvgIpc) is 2.90. The molecule has 0 aromatic heterocycles. The van der Waals surface area contributed by atoms with Crippen molar-refractivity contribution in [2.24, 2.45) is 0 Å². The van der Waals surface area contributed by atoms with Crippen LogP contribution in [0.3, 0.4) is 0 Å². The molecule has 2 N–H and O–H groups in total. The summed E-state index contributed by atoms with van der Waals surface area (Å²) in [6.45, 7) is 5.41. The van der Waals surface area contributed by atoms with Gasteiger partial charge in [-0.05, 0) is 65.9 Å². The molecule has 0 saturated heterocycles. The van der Waals surface area contributed by atoms with Gasteiger partial charge in [-0.15, -0.1) is 0 Å². The number of nitrogens with one attached hydrogen (secondary N) is 2. The first-order chi connectivity index (χ1) is 17.2. The van der Waals surface area contributed by atoms with Crippen LogP contribution in [0.4, 0.5) is 11.4 Å². The molecule has 35 heavy (non-hydrogen) atoms. The lowest BCUT2D eigenvalue weighted by atomic mass is 9.76. The predicted octanol–water partition coefficient (Wildman–Crippen LogP) is 7.43. The highest BCUT2D eigenvalue weighted by Crippen LogP contribution is 2.49. The molecule has 4 heteroatoms. The second-order valence-electron chi connectivity index (χ2n) is 9.94. The fourth-order valence-electron chi connectivity index (χ4n) is 5.86. The zero-order chi connectivity index (χ0) is 24.0. The molecule has 3 aromatic carbocycles. The monoisotopic (exact) mass is 483 g/mol. The van der Waals surface area contributed by atoms with Crippen molar-refractivity contribution >= 4 is 28.7 Å². The predicted molar refractivity (Wildman–Crippen MR) is 153 cm³/mol. The Morgan fingerprint density at radius 1 is 0.829 bits per heavy atom. The fraction of sp³-hybridized carbons (Fsp3) is 0.387. The van der Waals surface area contributed by atoms with Crippen LogP contribution in [0.5, 0.6) is 0 Å². The van der Waals surface area contributed by atoms with Crippen LogP contribution in [-0.4, -0.2) is 24.7 Å². The van der Waals surface area contributed by atoms with Gasteiger partial charge in [0.25, 0.3) is 0 Å². The van der Waals surface area contributed by atoms with Crippen molar-refractivity contribution in [3.05, 3.63) is 95.1 Å². The number of anilines is 2. The maximum atomic E-state index is 5.70. The van der Waals surface area contributed by atoms with Gasteiger partial charge in [-0.25, -0.2) is 0 Å². The third kappa shape index (κ3) is 5.38. The van der Waals surface area contributed by atoms with Crippen molar-refractivity contribution < 1.29 is 0 Å². The highest BCUT2D eigenvalue weighted by molar-refractivity contribution is 7.80. The molecular formula is C31H37N3S. The molecule has 0 spiro atoms. The molecule has 2 atom stereocenters. The van der Waals surface area contributed by atoms with Gasteiger partial charge >= 0.3 is 0 Å². The minimum atomic E-state index is 0.410. The third-order valence-corrected chi connectivity index (χ3v) is 7.84. The molecule has 2 aliphatic heterocycles. The Balaban J connectivity index is 1.49. The van der Waals surface area contributed by atoms with Crippen molar-refractivity contribution in [1.29, 1.82) is 0 Å². The van der Waals surface area contributed by atoms with Gasteiger partial charge in [0.05, 0.1) is 0 Å². The lowest BCUT2D eigenvalue weighted by molar-refractivity contribution is 0.571. The Labute approximate surface area is 215 Å². The van der Waals surface area contributed by atoms with E-state index in [1.807, 2.05) is 0 Å². The largest absolute Gasteiger partial charge is 0.371 e. The van der Waals surface area contributed by atoms with E-state index in [9.17, 15) is 0 Å². The highest BCUT2D eigenvalue weighted by atomic mass is 32.1. The van der Waals surface area contributed by atoms with E-state index in [2.05, 4.69) is 95.3 Å². The summed E-state index contributed by atoms with van der Waals surface area (Å²) in [6, 6.07) is 26.8. The molecular weight excluding hydrogens is 446 g/mol. The van der Waals surface area contributed by atoms with Crippen LogP contribution in [0.1, 0.15) is 79.5 Å². The molecule has 2 heterocycles. The molecule has 2 unspecified atom stereocenters. The van der Waals surface area contributed by atoms with Crippen LogP contribution in [0.2, 0.25) is 0 Å². The summed E-state index contributed by atoms with van der Waals surface area (Å²) in [7, 11) is 0. The zero-order valence-electron chi connectivity index (χ0n) is 20.8. The minimum absolute atomic E-state index is 0.410. The summed E-state index contributed by atoms with van der Waals surface area (Å²) in [6.07, 6.45) is 7.25. The SMILES string of the molecule is CCCCCCNC(=S)Nc1cc2c3c(c1)C(c1ccccc1)CCN3CCC2c1ccccc1. The molecule has 0 fully saturated rings. The van der Waals surface area contributed by atoms with Crippen molar-refractivity contribution in [3.8, 4) is 0 Å². The Bertz CT molecular complexity index is 1060. The Morgan fingerprint density at radius 2 is 1.40 bits per heavy atom. The number of rotatable bonds is 8. The van der Waals surface area contributed by atoms with Gasteiger partial charge in [0.15, 0.2) is 5.11 Å². The van der Waals surface area contributed by atoms with Gasteiger partial charge in [-0.2, -0.15) is 0 Å². The quantitative estimate of drug-likeness (QED) is 0.257. The first kappa shape index (κ1) is 23.9. The fourth-order valence-corrected chi connectivity index (χ4v) is 6.08. The topological polar surface area (TPSA) is 27.3 Å². The van der Waals surface area contributed by atoms with Crippen molar-refractivity contribution in [1.82, 2.24) is 5.32 Å². The minimum Gasteiger partial charge on any atom is -0.371 e. The number of hydrogen-bond donors (Lipinski definition) is 2. The Hall–Kier alpha value is -2.85. The van der Waals surface area contributed by atoms with E-state index in [1.165, 1.54) is 47.2 Å². The number of hydrogen-bond acceptors (Lipinski definition) is 2. The van der Waals surface area contributed by atoms with Crippen LogP contribution < -0.4 is 15.5 Å². The van der Waals surface area contributed by atoms with Crippen LogP contribution >= 0.6 is 12.2 Å². The standard InChI is InChI=1S/C31H37N3S/c1-2-3-4-11-18-32-31(35)33-25-21-28-26(23-12-7-5-8-13-23)16-19-34-20-17-27(29(22-25)30(28)34)24-14-9-6-10-15-24/h5-10,12-15,21-22,26-27H,2-4,11,16-20H2,1H3,(H2,32,33,35). The molecule has 3 nitrogen and oxygen atoms in total. The van der Waals surface area contributed by atoms with E-state index in [0.29, 0.717) is 11.8 Å². The van der Waals surface area contributed by atoms with E-state index in [1.54, 1.807) is 0 Å². The van der Waals surface area contributed by atoms with Gasteiger partial charge in [-0.3, -0.25) is 0 Å². The summed E-state index contributed by atoms with van der Waals surface area (Å²) in [5.41, 5.74) is 8.25. The third-order valence-electron chi connectivity index (χ3n) is 7.59. The molecule has 5 rings (SSSR count). The molecule has 0 saturated carbocycles. The normalized spacial score (nSPS) is 18.6. The van der Waals surface area contributed by atoms with E-state index in [-0.39, 0.29) is 0 Å². The highest BCUT2D eigenvalue weighted by Gasteiger charge is 2.35. The number of benzene rings is 3. The number of thiocarbonyl (C=S) groups is 1. The summed E-state index contributed by atoms with van der Waals surface area (Å²) < 4.78 is 0. The van der Waals surface area contributed by atoms with E-state index in [0.717, 1.165) is 49.7 Å². The molecule has 0 radical (unpaired) electrons. The van der Waals surface area contributed by atoms with Crippen molar-refractivity contribution in [3.63, 3.8) is 0 Å². The van der Waals surface area contributed by atoms with E-state index in [4.69, 9.17) is 12.2 Å². The average molecular weight is 484 g/mol. The smallest absolute Gasteiger partial charge is 0.170 e. The second-order valence-corrected chi connectivity index (χ2v) is 10.3. The van der Waals surface area contributed by atoms with Gasteiger partial charge in [0, 0.05) is 42.8 Å². The first-order valence-electron chi connectivity index (χ1n) is 13.3. The van der Waals surface area contributed by atoms with Crippen molar-refractivity contribution in [2.45, 2.75) is 57.3 Å². The van der Waals surface area contributed by atoms with Crippen LogP contribution in [0.25, 0.3) is 0 Å². The second kappa shape index (κ2) is 11.3. The zero-order valence-corrected chi connectivity index (χ0v) is 21.6.